The first-order chi connectivity index (χ1) is 25.7. The lowest BCUT2D eigenvalue weighted by Gasteiger charge is -2.16. The van der Waals surface area contributed by atoms with Gasteiger partial charge in [0.2, 0.25) is 0 Å². The van der Waals surface area contributed by atoms with E-state index in [4.69, 9.17) is 0 Å². The monoisotopic (exact) mass is 673 g/mol. The molecular formula is C49H43N3. The number of aliphatic imine (C=N–C) groups is 1. The second-order valence-corrected chi connectivity index (χ2v) is 12.2. The van der Waals surface area contributed by atoms with Crippen LogP contribution in [0.1, 0.15) is 20.8 Å². The molecule has 3 nitrogen and oxygen atoms in total. The maximum absolute atomic E-state index is 4.65. The highest BCUT2D eigenvalue weighted by molar-refractivity contribution is 6.27. The van der Waals surface area contributed by atoms with Gasteiger partial charge in [-0.05, 0) is 111 Å². The van der Waals surface area contributed by atoms with Crippen LogP contribution < -0.4 is 0 Å². The highest BCUT2D eigenvalue weighted by Gasteiger charge is 2.15. The van der Waals surface area contributed by atoms with Crippen molar-refractivity contribution in [2.45, 2.75) is 20.8 Å². The third-order valence-corrected chi connectivity index (χ3v) is 9.28. The van der Waals surface area contributed by atoms with E-state index in [0.717, 1.165) is 23.0 Å². The normalized spacial score (nSPS) is 12.8. The summed E-state index contributed by atoms with van der Waals surface area (Å²) in [5, 5.41) is 8.92. The second kappa shape index (κ2) is 17.0. The number of allylic oxidation sites excluding steroid dienone is 4. The Hall–Kier alpha value is -6.45. The van der Waals surface area contributed by atoms with E-state index in [1.54, 1.807) is 0 Å². The lowest BCUT2D eigenvalue weighted by atomic mass is 9.87. The number of hydrogen-bond donors (Lipinski definition) is 0. The number of dihydropyridines is 1. The van der Waals surface area contributed by atoms with Crippen LogP contribution in [-0.2, 0) is 0 Å². The van der Waals surface area contributed by atoms with Crippen LogP contribution in [0.25, 0.3) is 76.6 Å². The summed E-state index contributed by atoms with van der Waals surface area (Å²) in [6, 6.07) is 41.7. The number of para-hydroxylation sites is 1. The number of benzene rings is 6. The van der Waals surface area contributed by atoms with Crippen molar-refractivity contribution in [1.29, 1.82) is 0 Å². The Bertz CT molecular complexity index is 2530. The fraction of sp³-hybridized carbons (Fsp3) is 0.0816. The molecule has 0 N–H and O–H groups in total. The highest BCUT2D eigenvalue weighted by Crippen LogP contribution is 2.42. The Morgan fingerprint density at radius 3 is 1.63 bits per heavy atom. The van der Waals surface area contributed by atoms with E-state index in [0.29, 0.717) is 0 Å². The Labute approximate surface area is 307 Å². The summed E-state index contributed by atoms with van der Waals surface area (Å²) < 4.78 is 0. The van der Waals surface area contributed by atoms with Gasteiger partial charge in [0.25, 0.3) is 0 Å². The number of fused-ring (bicyclic) bond motifs is 1. The van der Waals surface area contributed by atoms with E-state index in [-0.39, 0.29) is 0 Å². The first kappa shape index (κ1) is 35.4. The molecule has 9 rings (SSSR count). The van der Waals surface area contributed by atoms with Gasteiger partial charge in [-0.15, -0.1) is 13.2 Å². The molecule has 0 saturated heterocycles. The van der Waals surface area contributed by atoms with Gasteiger partial charge in [0.05, 0.1) is 12.1 Å². The van der Waals surface area contributed by atoms with Crippen LogP contribution in [0, 0.1) is 0 Å². The summed E-state index contributed by atoms with van der Waals surface area (Å²) in [5.41, 5.74) is 9.58. The van der Waals surface area contributed by atoms with Gasteiger partial charge < -0.3 is 0 Å². The van der Waals surface area contributed by atoms with Gasteiger partial charge >= 0.3 is 0 Å². The van der Waals surface area contributed by atoms with Crippen molar-refractivity contribution in [2.24, 2.45) is 4.99 Å². The number of rotatable bonds is 3. The largest absolute Gasteiger partial charge is 0.288 e. The smallest absolute Gasteiger partial charge is 0.0780 e. The number of aromatic nitrogens is 2. The molecular weight excluding hydrogens is 631 g/mol. The summed E-state index contributed by atoms with van der Waals surface area (Å²) in [5.74, 6) is 0. The zero-order valence-electron chi connectivity index (χ0n) is 30.1. The fourth-order valence-corrected chi connectivity index (χ4v) is 6.63. The summed E-state index contributed by atoms with van der Waals surface area (Å²) in [4.78, 5) is 12.9. The van der Waals surface area contributed by atoms with Crippen molar-refractivity contribution in [3.05, 3.63) is 183 Å². The zero-order chi connectivity index (χ0) is 36.3. The molecule has 2 aromatic heterocycles. The van der Waals surface area contributed by atoms with Crippen LogP contribution >= 0.6 is 0 Å². The summed E-state index contributed by atoms with van der Waals surface area (Å²) in [6.45, 7) is 12.9. The number of pyridine rings is 2. The van der Waals surface area contributed by atoms with Crippen LogP contribution in [0.4, 0.5) is 0 Å². The molecule has 0 fully saturated rings. The maximum atomic E-state index is 4.65. The average Bonchev–Trinajstić information content (AvgIpc) is 3.24. The molecule has 0 atom stereocenters. The molecule has 52 heavy (non-hydrogen) atoms. The van der Waals surface area contributed by atoms with Gasteiger partial charge in [0, 0.05) is 35.8 Å². The van der Waals surface area contributed by atoms with Gasteiger partial charge in [-0.2, -0.15) is 0 Å². The van der Waals surface area contributed by atoms with Crippen LogP contribution in [0.5, 0.6) is 0 Å². The van der Waals surface area contributed by atoms with E-state index >= 15 is 0 Å². The molecule has 8 aromatic rings. The van der Waals surface area contributed by atoms with Crippen LogP contribution in [0.3, 0.4) is 0 Å². The predicted octanol–water partition coefficient (Wildman–Crippen LogP) is 13.5. The summed E-state index contributed by atoms with van der Waals surface area (Å²) in [6.07, 6.45) is 17.5. The minimum absolute atomic E-state index is 0.854. The van der Waals surface area contributed by atoms with Gasteiger partial charge in [0.1, 0.15) is 0 Å². The third-order valence-electron chi connectivity index (χ3n) is 9.28. The molecule has 3 heterocycles. The van der Waals surface area contributed by atoms with Crippen molar-refractivity contribution in [1.82, 2.24) is 9.97 Å². The molecule has 6 aromatic carbocycles. The third kappa shape index (κ3) is 7.35. The van der Waals surface area contributed by atoms with Crippen molar-refractivity contribution < 1.29 is 0 Å². The van der Waals surface area contributed by atoms with Gasteiger partial charge in [-0.1, -0.05) is 121 Å². The molecule has 0 unspecified atom stereocenters. The van der Waals surface area contributed by atoms with E-state index in [2.05, 4.69) is 149 Å². The van der Waals surface area contributed by atoms with Crippen molar-refractivity contribution in [2.75, 3.05) is 6.54 Å². The Morgan fingerprint density at radius 2 is 1.10 bits per heavy atom. The Balaban J connectivity index is 0.000000283. The van der Waals surface area contributed by atoms with Gasteiger partial charge in [-0.25, -0.2) is 0 Å². The topological polar surface area (TPSA) is 38.1 Å². The van der Waals surface area contributed by atoms with Crippen LogP contribution in [-0.4, -0.2) is 22.7 Å². The molecule has 0 amide bonds. The van der Waals surface area contributed by atoms with E-state index in [1.165, 1.54) is 65.7 Å². The molecule has 0 saturated carbocycles. The second-order valence-electron chi connectivity index (χ2n) is 12.2. The average molecular weight is 674 g/mol. The lowest BCUT2D eigenvalue weighted by molar-refractivity contribution is 1.17. The summed E-state index contributed by atoms with van der Waals surface area (Å²) in [7, 11) is 0. The first-order valence-corrected chi connectivity index (χ1v) is 17.6. The van der Waals surface area contributed by atoms with E-state index in [1.807, 2.05) is 69.9 Å². The fourth-order valence-electron chi connectivity index (χ4n) is 6.63. The quantitative estimate of drug-likeness (QED) is 0.138. The number of hydrogen-bond acceptors (Lipinski definition) is 3. The van der Waals surface area contributed by atoms with Gasteiger partial charge in [0.15, 0.2) is 0 Å². The predicted molar refractivity (Wildman–Crippen MR) is 228 cm³/mol. The minimum Gasteiger partial charge on any atom is -0.288 e. The molecule has 0 radical (unpaired) electrons. The summed E-state index contributed by atoms with van der Waals surface area (Å²) >= 11 is 0. The van der Waals surface area contributed by atoms with Crippen molar-refractivity contribution in [3.63, 3.8) is 0 Å². The Kier molecular flexibility index (Phi) is 11.5. The van der Waals surface area contributed by atoms with Gasteiger partial charge in [-0.3, -0.25) is 15.0 Å². The SMILES string of the molecule is C/C=C1/C=CC=NC1.C/C=C\C.C=C.c1cnc2c(-c3ccc(-c4ccc5ccc6c(-c7ccncc7)ccc7ccc4c5c76)cc3)cccc2c1. The number of nitrogens with zero attached hydrogens (tertiary/aromatic N) is 3. The lowest BCUT2D eigenvalue weighted by Crippen LogP contribution is -1.90. The molecule has 0 bridgehead atoms. The molecule has 0 spiro atoms. The molecule has 3 heteroatoms. The maximum Gasteiger partial charge on any atom is 0.0780 e. The first-order valence-electron chi connectivity index (χ1n) is 17.6. The molecule has 1 aliphatic rings. The highest BCUT2D eigenvalue weighted by atomic mass is 14.7. The van der Waals surface area contributed by atoms with Crippen LogP contribution in [0.15, 0.2) is 188 Å². The molecule has 254 valence electrons. The van der Waals surface area contributed by atoms with E-state index in [9.17, 15) is 0 Å². The van der Waals surface area contributed by atoms with Crippen molar-refractivity contribution >= 4 is 49.4 Å². The van der Waals surface area contributed by atoms with Crippen LogP contribution in [0.2, 0.25) is 0 Å². The van der Waals surface area contributed by atoms with E-state index < -0.39 is 0 Å². The zero-order valence-corrected chi connectivity index (χ0v) is 30.1. The molecule has 0 aliphatic carbocycles. The van der Waals surface area contributed by atoms with Crippen molar-refractivity contribution in [3.8, 4) is 33.4 Å². The minimum atomic E-state index is 0.854. The molecule has 1 aliphatic heterocycles. The standard InChI is InChI=1S/C36H22N2.C7H9N.C4H8.C2H4/c1-3-28-4-2-20-38-36(28)31(5-1)24-8-6-23(7-9-24)29-14-10-26-13-17-33-30(25-18-21-37-22-19-25)15-11-27-12-16-32(29)34(26)35(27)33;1-2-7-4-3-5-8-6-7;1-3-4-2;1-2/h1-22H;2-5H,6H2,1H3;3-4H,1-2H3;1-2H2/b;7-2-;4-3-;. The Morgan fingerprint density at radius 1 is 0.538 bits per heavy atom.